The monoisotopic (exact) mass is 444 g/mol. The molecule has 1 aliphatic rings. The molecule has 2 atom stereocenters. The molecule has 1 aliphatic carbocycles. The van der Waals surface area contributed by atoms with E-state index in [1.807, 2.05) is 6.07 Å². The number of benzene rings is 1. The summed E-state index contributed by atoms with van der Waals surface area (Å²) >= 11 is 12.7. The van der Waals surface area contributed by atoms with Gasteiger partial charge in [0, 0.05) is 0 Å². The summed E-state index contributed by atoms with van der Waals surface area (Å²) in [6, 6.07) is 5.66. The van der Waals surface area contributed by atoms with Gasteiger partial charge < -0.3 is 9.67 Å². The van der Waals surface area contributed by atoms with Gasteiger partial charge >= 0.3 is 12.1 Å². The smallest absolute Gasteiger partial charge is 0.416 e. The molecule has 1 aromatic carbocycles. The first-order valence-corrected chi connectivity index (χ1v) is 9.68. The Morgan fingerprint density at radius 3 is 2.41 bits per heavy atom. The van der Waals surface area contributed by atoms with Crippen LogP contribution in [0.2, 0.25) is 10.2 Å². The average Bonchev–Trinajstić information content (AvgIpc) is 2.92. The molecule has 1 fully saturated rings. The Morgan fingerprint density at radius 2 is 1.90 bits per heavy atom. The summed E-state index contributed by atoms with van der Waals surface area (Å²) in [5.74, 6) is -1.00. The Balaban J connectivity index is 2.24. The predicted octanol–water partition coefficient (Wildman–Crippen LogP) is 6.56. The van der Waals surface area contributed by atoms with Crippen LogP contribution in [0.4, 0.5) is 13.2 Å². The van der Waals surface area contributed by atoms with E-state index >= 15 is 0 Å². The van der Waals surface area contributed by atoms with Crippen LogP contribution in [0.1, 0.15) is 49.8 Å². The van der Waals surface area contributed by atoms with Crippen LogP contribution in [-0.4, -0.2) is 15.6 Å². The Hall–Kier alpha value is -2.17. The van der Waals surface area contributed by atoms with Gasteiger partial charge in [-0.3, -0.25) is 4.79 Å². The molecule has 154 valence electrons. The van der Waals surface area contributed by atoms with Crippen molar-refractivity contribution >= 4 is 29.2 Å². The second-order valence-corrected chi connectivity index (χ2v) is 8.11. The molecule has 1 heterocycles. The number of halogens is 5. The summed E-state index contributed by atoms with van der Waals surface area (Å²) in [6.45, 7) is 1.62. The average molecular weight is 445 g/mol. The summed E-state index contributed by atoms with van der Waals surface area (Å²) in [4.78, 5) is 12.1. The van der Waals surface area contributed by atoms with Crippen molar-refractivity contribution in [3.63, 3.8) is 0 Å². The van der Waals surface area contributed by atoms with Crippen LogP contribution in [0, 0.1) is 16.7 Å². The van der Waals surface area contributed by atoms with Crippen LogP contribution in [0.15, 0.2) is 24.3 Å². The maximum atomic E-state index is 12.9. The molecule has 29 heavy (non-hydrogen) atoms. The third-order valence-electron chi connectivity index (χ3n) is 5.65. The lowest BCUT2D eigenvalue weighted by atomic mass is 9.71. The number of nitriles is 1. The summed E-state index contributed by atoms with van der Waals surface area (Å²) in [7, 11) is 0. The van der Waals surface area contributed by atoms with Gasteiger partial charge in [-0.15, -0.1) is 0 Å². The van der Waals surface area contributed by atoms with Gasteiger partial charge in [0.2, 0.25) is 0 Å². The molecule has 2 aromatic rings. The summed E-state index contributed by atoms with van der Waals surface area (Å²) in [5, 5.41) is 19.5. The molecule has 9 heteroatoms. The minimum atomic E-state index is -4.50. The summed E-state index contributed by atoms with van der Waals surface area (Å²) in [5.41, 5.74) is -1.44. The van der Waals surface area contributed by atoms with E-state index in [0.717, 1.165) is 25.0 Å². The highest BCUT2D eigenvalue weighted by Gasteiger charge is 2.46. The first-order chi connectivity index (χ1) is 13.5. The van der Waals surface area contributed by atoms with E-state index in [4.69, 9.17) is 23.2 Å². The van der Waals surface area contributed by atoms with Crippen molar-refractivity contribution in [1.82, 2.24) is 4.57 Å². The SMILES string of the molecule is CC1(C(=O)O)CCCCC1n1c(Cl)c(Cl)c(C#N)c1-c1ccc(C(F)(F)F)cc1. The summed E-state index contributed by atoms with van der Waals surface area (Å²) in [6.07, 6.45) is -2.11. The minimum absolute atomic E-state index is 0.00902. The van der Waals surface area contributed by atoms with Crippen molar-refractivity contribution in [3.8, 4) is 17.3 Å². The molecule has 0 bridgehead atoms. The fourth-order valence-corrected chi connectivity index (χ4v) is 4.52. The van der Waals surface area contributed by atoms with Crippen molar-refractivity contribution in [2.75, 3.05) is 0 Å². The van der Waals surface area contributed by atoms with Crippen molar-refractivity contribution < 1.29 is 23.1 Å². The number of rotatable bonds is 3. The van der Waals surface area contributed by atoms with Gasteiger partial charge in [0.25, 0.3) is 0 Å². The predicted molar refractivity (Wildman–Crippen MR) is 103 cm³/mol. The number of carbonyl (C=O) groups is 1. The zero-order valence-corrected chi connectivity index (χ0v) is 16.9. The van der Waals surface area contributed by atoms with Gasteiger partial charge in [0.05, 0.1) is 33.3 Å². The zero-order valence-electron chi connectivity index (χ0n) is 15.4. The highest BCUT2D eigenvalue weighted by atomic mass is 35.5. The quantitative estimate of drug-likeness (QED) is 0.582. The van der Waals surface area contributed by atoms with Crippen LogP contribution in [-0.2, 0) is 11.0 Å². The van der Waals surface area contributed by atoms with Crippen molar-refractivity contribution in [2.45, 2.75) is 44.8 Å². The van der Waals surface area contributed by atoms with E-state index in [2.05, 4.69) is 0 Å². The van der Waals surface area contributed by atoms with E-state index in [0.29, 0.717) is 18.4 Å². The van der Waals surface area contributed by atoms with Crippen LogP contribution in [0.3, 0.4) is 0 Å². The topological polar surface area (TPSA) is 66.0 Å². The standard InChI is InChI=1S/C20H17Cl2F3N2O2/c1-19(18(28)29)9-3-2-4-14(19)27-16(13(10-26)15(21)17(27)22)11-5-7-12(8-6-11)20(23,24)25/h5-8,14H,2-4,9H2,1H3,(H,28,29). The van der Waals surface area contributed by atoms with Crippen LogP contribution in [0.25, 0.3) is 11.3 Å². The molecular formula is C20H17Cl2F3N2O2. The first kappa shape index (κ1) is 21.5. The maximum absolute atomic E-state index is 12.9. The molecular weight excluding hydrogens is 428 g/mol. The van der Waals surface area contributed by atoms with Gasteiger partial charge in [-0.2, -0.15) is 18.4 Å². The number of aromatic nitrogens is 1. The lowest BCUT2D eigenvalue weighted by molar-refractivity contribution is -0.152. The summed E-state index contributed by atoms with van der Waals surface area (Å²) < 4.78 is 40.3. The van der Waals surface area contributed by atoms with Crippen LogP contribution >= 0.6 is 23.2 Å². The normalized spacial score (nSPS) is 22.3. The molecule has 1 aromatic heterocycles. The molecule has 3 rings (SSSR count). The van der Waals surface area contributed by atoms with Gasteiger partial charge in [0.1, 0.15) is 11.2 Å². The molecule has 0 spiro atoms. The number of hydrogen-bond acceptors (Lipinski definition) is 2. The number of aliphatic carboxylic acids is 1. The lowest BCUT2D eigenvalue weighted by Crippen LogP contribution is -2.40. The maximum Gasteiger partial charge on any atom is 0.416 e. The van der Waals surface area contributed by atoms with E-state index in [9.17, 15) is 28.3 Å². The van der Waals surface area contributed by atoms with Crippen molar-refractivity contribution in [2.24, 2.45) is 5.41 Å². The van der Waals surface area contributed by atoms with E-state index in [1.165, 1.54) is 16.7 Å². The van der Waals surface area contributed by atoms with Gasteiger partial charge in [0.15, 0.2) is 0 Å². The molecule has 1 saturated carbocycles. The van der Waals surface area contributed by atoms with E-state index in [-0.39, 0.29) is 21.4 Å². The molecule has 0 saturated heterocycles. The number of nitrogens with zero attached hydrogens (tertiary/aromatic N) is 2. The molecule has 0 radical (unpaired) electrons. The van der Waals surface area contributed by atoms with Crippen molar-refractivity contribution in [3.05, 3.63) is 45.6 Å². The molecule has 2 unspecified atom stereocenters. The molecule has 0 amide bonds. The largest absolute Gasteiger partial charge is 0.481 e. The Kier molecular flexibility index (Phi) is 5.63. The molecule has 1 N–H and O–H groups in total. The first-order valence-electron chi connectivity index (χ1n) is 8.92. The van der Waals surface area contributed by atoms with E-state index in [1.54, 1.807) is 6.92 Å². The van der Waals surface area contributed by atoms with Crippen molar-refractivity contribution in [1.29, 1.82) is 5.26 Å². The number of alkyl halides is 3. The van der Waals surface area contributed by atoms with Gasteiger partial charge in [-0.05, 0) is 37.5 Å². The minimum Gasteiger partial charge on any atom is -0.481 e. The third-order valence-corrected chi connectivity index (χ3v) is 6.48. The Labute approximate surface area is 175 Å². The second-order valence-electron chi connectivity index (χ2n) is 7.37. The Morgan fingerprint density at radius 1 is 1.28 bits per heavy atom. The number of carboxylic acids is 1. The third kappa shape index (κ3) is 3.60. The highest BCUT2D eigenvalue weighted by molar-refractivity contribution is 6.42. The number of hydrogen-bond donors (Lipinski definition) is 1. The highest BCUT2D eigenvalue weighted by Crippen LogP contribution is 2.50. The fraction of sp³-hybridized carbons (Fsp3) is 0.400. The fourth-order valence-electron chi connectivity index (χ4n) is 4.01. The lowest BCUT2D eigenvalue weighted by Gasteiger charge is -2.40. The molecule has 0 aliphatic heterocycles. The molecule has 4 nitrogen and oxygen atoms in total. The van der Waals surface area contributed by atoms with Crippen LogP contribution < -0.4 is 0 Å². The second kappa shape index (κ2) is 7.58. The number of carboxylic acid groups (broad SMARTS) is 1. The van der Waals surface area contributed by atoms with E-state index < -0.39 is 29.2 Å². The Bertz CT molecular complexity index is 993. The zero-order chi connectivity index (χ0) is 21.6. The van der Waals surface area contributed by atoms with Crippen LogP contribution in [0.5, 0.6) is 0 Å². The van der Waals surface area contributed by atoms with Gasteiger partial charge in [-0.25, -0.2) is 0 Å². The van der Waals surface area contributed by atoms with Gasteiger partial charge in [-0.1, -0.05) is 48.2 Å².